The number of rotatable bonds is 8. The summed E-state index contributed by atoms with van der Waals surface area (Å²) in [5.74, 6) is -0.972. The maximum atomic E-state index is 11.9. The topological polar surface area (TPSA) is 97.4 Å². The van der Waals surface area contributed by atoms with Crippen molar-refractivity contribution in [2.75, 3.05) is 13.2 Å². The van der Waals surface area contributed by atoms with Crippen LogP contribution in [0.15, 0.2) is 42.5 Å². The summed E-state index contributed by atoms with van der Waals surface area (Å²) in [6, 6.07) is 13.1. The van der Waals surface area contributed by atoms with Gasteiger partial charge in [0, 0.05) is 25.8 Å². The second kappa shape index (κ2) is 12.0. The van der Waals surface area contributed by atoms with Crippen LogP contribution in [-0.4, -0.2) is 49.4 Å². The summed E-state index contributed by atoms with van der Waals surface area (Å²) < 4.78 is 27.7. The van der Waals surface area contributed by atoms with Crippen molar-refractivity contribution in [3.8, 4) is 5.75 Å². The minimum Gasteiger partial charge on any atom is -0.494 e. The molecule has 9 heteroatoms. The standard InChI is InChI=1S/C26H29ClO8/c1-5-31-21-9-6-18(7-10-21)12-20-13-19(8-11-22(20)27)24-26(35-17(4)30)25(34-16(3)29)23(14-32-24)33-15(2)28/h6-11,13,23-26H,5,12,14H2,1-4H3/t23-,24+,25+,26+/m1/s1. The lowest BCUT2D eigenvalue weighted by Gasteiger charge is -2.40. The van der Waals surface area contributed by atoms with Crippen LogP contribution in [0.25, 0.3) is 0 Å². The monoisotopic (exact) mass is 504 g/mol. The van der Waals surface area contributed by atoms with Gasteiger partial charge < -0.3 is 23.7 Å². The largest absolute Gasteiger partial charge is 0.494 e. The average molecular weight is 505 g/mol. The Morgan fingerprint density at radius 3 is 2.14 bits per heavy atom. The lowest BCUT2D eigenvalue weighted by atomic mass is 9.92. The minimum absolute atomic E-state index is 0.0448. The first-order valence-corrected chi connectivity index (χ1v) is 11.7. The molecule has 1 saturated heterocycles. The normalized spacial score (nSPS) is 21.6. The van der Waals surface area contributed by atoms with Crippen LogP contribution in [0.5, 0.6) is 5.75 Å². The Morgan fingerprint density at radius 2 is 1.54 bits per heavy atom. The van der Waals surface area contributed by atoms with E-state index in [-0.39, 0.29) is 6.61 Å². The highest BCUT2D eigenvalue weighted by Crippen LogP contribution is 2.36. The quantitative estimate of drug-likeness (QED) is 0.390. The van der Waals surface area contributed by atoms with Crippen LogP contribution < -0.4 is 4.74 Å². The van der Waals surface area contributed by atoms with Crippen LogP contribution in [-0.2, 0) is 39.8 Å². The molecule has 1 fully saturated rings. The van der Waals surface area contributed by atoms with Gasteiger partial charge in [-0.1, -0.05) is 35.9 Å². The number of hydrogen-bond donors (Lipinski definition) is 0. The summed E-state index contributed by atoms with van der Waals surface area (Å²) in [5.41, 5.74) is 2.55. The third-order valence-corrected chi connectivity index (χ3v) is 5.75. The SMILES string of the molecule is CCOc1ccc(Cc2cc([C@@H]3OC[C@@H](OC(C)=O)[C@H](OC(C)=O)[C@H]3OC(C)=O)ccc2Cl)cc1. The summed E-state index contributed by atoms with van der Waals surface area (Å²) in [6.07, 6.45) is -3.22. The van der Waals surface area contributed by atoms with E-state index >= 15 is 0 Å². The fourth-order valence-corrected chi connectivity index (χ4v) is 4.21. The van der Waals surface area contributed by atoms with Crippen molar-refractivity contribution in [3.63, 3.8) is 0 Å². The predicted molar refractivity (Wildman–Crippen MR) is 127 cm³/mol. The van der Waals surface area contributed by atoms with Gasteiger partial charge in [0.15, 0.2) is 18.3 Å². The molecule has 0 bridgehead atoms. The molecule has 2 aromatic carbocycles. The van der Waals surface area contributed by atoms with Crippen LogP contribution in [0, 0.1) is 0 Å². The molecule has 2 aromatic rings. The highest BCUT2D eigenvalue weighted by Gasteiger charge is 2.47. The number of benzene rings is 2. The number of esters is 3. The third-order valence-electron chi connectivity index (χ3n) is 5.38. The van der Waals surface area contributed by atoms with Crippen LogP contribution in [0.2, 0.25) is 5.02 Å². The number of hydrogen-bond acceptors (Lipinski definition) is 8. The Hall–Kier alpha value is -3.10. The smallest absolute Gasteiger partial charge is 0.303 e. The summed E-state index contributed by atoms with van der Waals surface area (Å²) in [6.45, 7) is 6.19. The molecule has 1 aliphatic heterocycles. The molecule has 0 aromatic heterocycles. The lowest BCUT2D eigenvalue weighted by Crippen LogP contribution is -2.54. The van der Waals surface area contributed by atoms with E-state index in [9.17, 15) is 14.4 Å². The van der Waals surface area contributed by atoms with Crippen LogP contribution >= 0.6 is 11.6 Å². The number of halogens is 1. The molecular weight excluding hydrogens is 476 g/mol. The molecule has 188 valence electrons. The Morgan fingerprint density at radius 1 is 0.914 bits per heavy atom. The van der Waals surface area contributed by atoms with Crippen molar-refractivity contribution < 1.29 is 38.1 Å². The molecule has 35 heavy (non-hydrogen) atoms. The molecule has 0 unspecified atom stereocenters. The molecule has 4 atom stereocenters. The maximum absolute atomic E-state index is 11.9. The van der Waals surface area contributed by atoms with Crippen LogP contribution in [0.3, 0.4) is 0 Å². The van der Waals surface area contributed by atoms with Gasteiger partial charge in [0.05, 0.1) is 13.2 Å². The van der Waals surface area contributed by atoms with E-state index in [2.05, 4.69) is 0 Å². The second-order valence-corrected chi connectivity index (χ2v) is 8.56. The van der Waals surface area contributed by atoms with E-state index in [1.165, 1.54) is 20.8 Å². The Balaban J connectivity index is 1.91. The first kappa shape index (κ1) is 26.5. The molecule has 0 N–H and O–H groups in total. The Bertz CT molecular complexity index is 1050. The zero-order chi connectivity index (χ0) is 25.5. The number of ether oxygens (including phenoxy) is 5. The van der Waals surface area contributed by atoms with E-state index in [0.29, 0.717) is 23.6 Å². The highest BCUT2D eigenvalue weighted by molar-refractivity contribution is 6.31. The van der Waals surface area contributed by atoms with E-state index in [1.807, 2.05) is 37.3 Å². The highest BCUT2D eigenvalue weighted by atomic mass is 35.5. The van der Waals surface area contributed by atoms with E-state index < -0.39 is 42.3 Å². The fourth-order valence-electron chi connectivity index (χ4n) is 4.02. The van der Waals surface area contributed by atoms with E-state index in [0.717, 1.165) is 16.9 Å². The van der Waals surface area contributed by atoms with Gasteiger partial charge in [0.2, 0.25) is 0 Å². The summed E-state index contributed by atoms with van der Waals surface area (Å²) >= 11 is 6.49. The van der Waals surface area contributed by atoms with Crippen LogP contribution in [0.4, 0.5) is 0 Å². The Labute approximate surface area is 209 Å². The molecule has 0 aliphatic carbocycles. The molecule has 1 heterocycles. The van der Waals surface area contributed by atoms with Gasteiger partial charge in [0.1, 0.15) is 11.9 Å². The third kappa shape index (κ3) is 7.19. The van der Waals surface area contributed by atoms with E-state index in [1.54, 1.807) is 12.1 Å². The van der Waals surface area contributed by atoms with Gasteiger partial charge in [-0.2, -0.15) is 0 Å². The molecule has 0 amide bonds. The Kier molecular flexibility index (Phi) is 9.12. The van der Waals surface area contributed by atoms with Gasteiger partial charge in [-0.05, 0) is 48.2 Å². The predicted octanol–water partition coefficient (Wildman–Crippen LogP) is 4.20. The molecule has 1 aliphatic rings. The van der Waals surface area contributed by atoms with Crippen molar-refractivity contribution >= 4 is 29.5 Å². The van der Waals surface area contributed by atoms with Crippen molar-refractivity contribution in [1.82, 2.24) is 0 Å². The van der Waals surface area contributed by atoms with Gasteiger partial charge in [-0.25, -0.2) is 0 Å². The number of carbonyl (C=O) groups is 3. The molecule has 0 spiro atoms. The minimum atomic E-state index is -1.04. The second-order valence-electron chi connectivity index (χ2n) is 8.15. The summed E-state index contributed by atoms with van der Waals surface area (Å²) in [5, 5.41) is 0.566. The van der Waals surface area contributed by atoms with Crippen molar-refractivity contribution in [1.29, 1.82) is 0 Å². The molecule has 3 rings (SSSR count). The summed E-state index contributed by atoms with van der Waals surface area (Å²) in [7, 11) is 0. The molecule has 0 radical (unpaired) electrons. The van der Waals surface area contributed by atoms with E-state index in [4.69, 9.17) is 35.3 Å². The van der Waals surface area contributed by atoms with Crippen molar-refractivity contribution in [3.05, 3.63) is 64.2 Å². The van der Waals surface area contributed by atoms with Gasteiger partial charge >= 0.3 is 17.9 Å². The average Bonchev–Trinajstić information content (AvgIpc) is 2.78. The van der Waals surface area contributed by atoms with Gasteiger partial charge in [-0.3, -0.25) is 14.4 Å². The van der Waals surface area contributed by atoms with Crippen molar-refractivity contribution in [2.45, 2.75) is 58.5 Å². The van der Waals surface area contributed by atoms with Crippen molar-refractivity contribution in [2.24, 2.45) is 0 Å². The molecule has 0 saturated carbocycles. The maximum Gasteiger partial charge on any atom is 0.303 e. The van der Waals surface area contributed by atoms with Crippen LogP contribution in [0.1, 0.15) is 50.5 Å². The van der Waals surface area contributed by atoms with Gasteiger partial charge in [0.25, 0.3) is 0 Å². The first-order chi connectivity index (χ1) is 16.7. The lowest BCUT2D eigenvalue weighted by molar-refractivity contribution is -0.227. The zero-order valence-corrected chi connectivity index (χ0v) is 20.9. The summed E-state index contributed by atoms with van der Waals surface area (Å²) in [4.78, 5) is 35.3. The fraction of sp³-hybridized carbons (Fsp3) is 0.423. The van der Waals surface area contributed by atoms with Gasteiger partial charge in [-0.15, -0.1) is 0 Å². The molecular formula is C26H29ClO8. The number of carbonyl (C=O) groups excluding carboxylic acids is 3. The first-order valence-electron chi connectivity index (χ1n) is 11.3. The molecule has 8 nitrogen and oxygen atoms in total. The zero-order valence-electron chi connectivity index (χ0n) is 20.1.